The second-order valence-electron chi connectivity index (χ2n) is 8.99. The molecule has 4 aromatic rings. The molecule has 2 aliphatic heterocycles. The molecule has 3 unspecified atom stereocenters. The zero-order chi connectivity index (χ0) is 23.4. The van der Waals surface area contributed by atoms with Crippen molar-refractivity contribution in [2.24, 2.45) is 0 Å². The average Bonchev–Trinajstić information content (AvgIpc) is 3.58. The normalized spacial score (nSPS) is 20.3. The Hall–Kier alpha value is -3.27. The highest BCUT2D eigenvalue weighted by molar-refractivity contribution is 7.91. The molecule has 0 spiro atoms. The Kier molecular flexibility index (Phi) is 5.13. The highest BCUT2D eigenvalue weighted by Gasteiger charge is 2.40. The summed E-state index contributed by atoms with van der Waals surface area (Å²) >= 11 is -1.20. The fourth-order valence-corrected chi connectivity index (χ4v) is 5.71. The molecule has 8 nitrogen and oxygen atoms in total. The summed E-state index contributed by atoms with van der Waals surface area (Å²) in [6.45, 7) is 3.61. The summed E-state index contributed by atoms with van der Waals surface area (Å²) in [5.41, 5.74) is 4.12. The van der Waals surface area contributed by atoms with E-state index in [4.69, 9.17) is 0 Å². The molecule has 3 aromatic heterocycles. The Bertz CT molecular complexity index is 1400. The van der Waals surface area contributed by atoms with Crippen molar-refractivity contribution in [1.29, 1.82) is 0 Å². The van der Waals surface area contributed by atoms with Crippen LogP contribution in [0, 0.1) is 6.92 Å². The van der Waals surface area contributed by atoms with Crippen LogP contribution in [0.25, 0.3) is 28.1 Å². The van der Waals surface area contributed by atoms with Crippen molar-refractivity contribution in [3.05, 3.63) is 66.2 Å². The average molecular weight is 473 g/mol. The van der Waals surface area contributed by atoms with Gasteiger partial charge < -0.3 is 14.8 Å². The van der Waals surface area contributed by atoms with Gasteiger partial charge in [0.05, 0.1) is 22.8 Å². The molecule has 3 atom stereocenters. The molecule has 1 aromatic carbocycles. The van der Waals surface area contributed by atoms with Crippen molar-refractivity contribution < 1.29 is 9.35 Å². The summed E-state index contributed by atoms with van der Waals surface area (Å²) in [6.07, 6.45) is 9.71. The van der Waals surface area contributed by atoms with Crippen molar-refractivity contribution in [3.63, 3.8) is 0 Å². The quantitative estimate of drug-likeness (QED) is 0.459. The summed E-state index contributed by atoms with van der Waals surface area (Å²) in [7, 11) is 0. The highest BCUT2D eigenvalue weighted by atomic mass is 32.2. The predicted molar refractivity (Wildman–Crippen MR) is 130 cm³/mol. The molecular formula is C25H24N6O2S. The molecule has 2 fully saturated rings. The molecule has 2 saturated heterocycles. The first-order chi connectivity index (χ1) is 16.5. The van der Waals surface area contributed by atoms with Crippen LogP contribution < -0.4 is 5.32 Å². The number of piperazine rings is 1. The number of amides is 1. The molecule has 0 aliphatic carbocycles. The maximum Gasteiger partial charge on any atom is 0.254 e. The van der Waals surface area contributed by atoms with E-state index in [0.29, 0.717) is 22.4 Å². The minimum atomic E-state index is -1.20. The van der Waals surface area contributed by atoms with Gasteiger partial charge in [-0.3, -0.25) is 14.3 Å². The number of nitrogens with zero attached hydrogens (tertiary/aromatic N) is 5. The number of carbonyl (C=O) groups is 1. The Morgan fingerprint density at radius 1 is 1.18 bits per heavy atom. The smallest absolute Gasteiger partial charge is 0.254 e. The van der Waals surface area contributed by atoms with Gasteiger partial charge in [-0.15, -0.1) is 0 Å². The topological polar surface area (TPSA) is 99.0 Å². The lowest BCUT2D eigenvalue weighted by atomic mass is 10.1. The van der Waals surface area contributed by atoms with Crippen LogP contribution in [0.1, 0.15) is 22.3 Å². The van der Waals surface area contributed by atoms with E-state index in [2.05, 4.69) is 20.3 Å². The zero-order valence-electron chi connectivity index (χ0n) is 18.9. The number of likely N-dealkylation sites (tertiary alicyclic amines) is 1. The van der Waals surface area contributed by atoms with Gasteiger partial charge in [0, 0.05) is 54.9 Å². The fraction of sp³-hybridized carbons (Fsp3) is 0.280. The van der Waals surface area contributed by atoms with Crippen molar-refractivity contribution in [3.8, 4) is 17.2 Å². The van der Waals surface area contributed by atoms with Gasteiger partial charge in [0.2, 0.25) is 5.95 Å². The highest BCUT2D eigenvalue weighted by Crippen LogP contribution is 2.31. The SMILES string of the molecule is Cc1ccnc(-c2cnc(-n3cc([S+](C)[O-])c4ccc(C(=O)N5CC6CC5CN6)cc43)nc2)c1. The van der Waals surface area contributed by atoms with Crippen molar-refractivity contribution in [2.75, 3.05) is 19.3 Å². The van der Waals surface area contributed by atoms with Crippen LogP contribution in [0.2, 0.25) is 0 Å². The molecule has 0 radical (unpaired) electrons. The monoisotopic (exact) mass is 472 g/mol. The largest absolute Gasteiger partial charge is 0.612 e. The van der Waals surface area contributed by atoms with Gasteiger partial charge in [-0.25, -0.2) is 9.97 Å². The summed E-state index contributed by atoms with van der Waals surface area (Å²) in [6, 6.07) is 10.2. The number of pyridine rings is 1. The van der Waals surface area contributed by atoms with Gasteiger partial charge in [0.15, 0.2) is 4.90 Å². The first-order valence-electron chi connectivity index (χ1n) is 11.3. The number of hydrogen-bond acceptors (Lipinski definition) is 6. The predicted octanol–water partition coefficient (Wildman–Crippen LogP) is 2.71. The molecule has 1 amide bonds. The second-order valence-corrected chi connectivity index (χ2v) is 10.3. The Morgan fingerprint density at radius 3 is 2.68 bits per heavy atom. The van der Waals surface area contributed by atoms with Gasteiger partial charge in [-0.05, 0) is 60.4 Å². The Morgan fingerprint density at radius 2 is 2.00 bits per heavy atom. The number of aromatic nitrogens is 4. The van der Waals surface area contributed by atoms with E-state index in [1.165, 1.54) is 0 Å². The van der Waals surface area contributed by atoms with E-state index in [1.807, 2.05) is 46.7 Å². The molecule has 1 N–H and O–H groups in total. The fourth-order valence-electron chi connectivity index (χ4n) is 4.97. The van der Waals surface area contributed by atoms with Crippen LogP contribution in [-0.4, -0.2) is 66.3 Å². The second kappa shape index (κ2) is 8.19. The van der Waals surface area contributed by atoms with Gasteiger partial charge in [0.25, 0.3) is 5.91 Å². The summed E-state index contributed by atoms with van der Waals surface area (Å²) < 4.78 is 14.3. The van der Waals surface area contributed by atoms with Gasteiger partial charge in [-0.2, -0.15) is 0 Å². The molecule has 2 aliphatic rings. The summed E-state index contributed by atoms with van der Waals surface area (Å²) in [5, 5.41) is 4.26. The zero-order valence-corrected chi connectivity index (χ0v) is 19.7. The maximum atomic E-state index is 13.3. The van der Waals surface area contributed by atoms with Crippen LogP contribution >= 0.6 is 0 Å². The third-order valence-corrected chi connectivity index (χ3v) is 7.65. The van der Waals surface area contributed by atoms with E-state index >= 15 is 0 Å². The van der Waals surface area contributed by atoms with E-state index in [1.54, 1.807) is 31.0 Å². The Balaban J connectivity index is 1.40. The van der Waals surface area contributed by atoms with Crippen LogP contribution in [0.3, 0.4) is 0 Å². The Labute approximate surface area is 200 Å². The van der Waals surface area contributed by atoms with E-state index in [9.17, 15) is 9.35 Å². The molecule has 6 rings (SSSR count). The first kappa shape index (κ1) is 21.3. The van der Waals surface area contributed by atoms with E-state index in [-0.39, 0.29) is 11.9 Å². The molecular weight excluding hydrogens is 448 g/mol. The lowest BCUT2D eigenvalue weighted by Crippen LogP contribution is -2.46. The van der Waals surface area contributed by atoms with Gasteiger partial charge in [0.1, 0.15) is 6.26 Å². The van der Waals surface area contributed by atoms with Crippen LogP contribution in [0.15, 0.2) is 60.0 Å². The summed E-state index contributed by atoms with van der Waals surface area (Å²) in [5.74, 6) is 0.483. The molecule has 2 bridgehead atoms. The number of fused-ring (bicyclic) bond motifs is 3. The van der Waals surface area contributed by atoms with Crippen molar-refractivity contribution in [2.45, 2.75) is 30.3 Å². The van der Waals surface area contributed by atoms with Crippen molar-refractivity contribution in [1.82, 2.24) is 29.7 Å². The van der Waals surface area contributed by atoms with Gasteiger partial charge >= 0.3 is 0 Å². The molecule has 34 heavy (non-hydrogen) atoms. The van der Waals surface area contributed by atoms with Crippen molar-refractivity contribution >= 4 is 28.0 Å². The summed E-state index contributed by atoms with van der Waals surface area (Å²) in [4.78, 5) is 29.5. The third kappa shape index (κ3) is 3.56. The number of benzene rings is 1. The lowest BCUT2D eigenvalue weighted by molar-refractivity contribution is 0.0716. The molecule has 9 heteroatoms. The molecule has 172 valence electrons. The van der Waals surface area contributed by atoms with Crippen LogP contribution in [-0.2, 0) is 11.2 Å². The standard InChI is InChI=1S/C25H24N6O2S/c1-15-5-6-26-21(7-15)17-10-28-25(29-11-17)31-14-23(34(2)33)20-4-3-16(8-22(20)31)24(32)30-13-18-9-19(30)12-27-18/h3-8,10-11,14,18-19,27H,9,12-13H2,1-2H3. The molecule has 5 heterocycles. The number of carbonyl (C=O) groups excluding carboxylic acids is 1. The van der Waals surface area contributed by atoms with E-state index < -0.39 is 11.2 Å². The number of hydrogen-bond donors (Lipinski definition) is 1. The minimum Gasteiger partial charge on any atom is -0.612 e. The first-order valence-corrected chi connectivity index (χ1v) is 12.8. The van der Waals surface area contributed by atoms with Crippen LogP contribution in [0.5, 0.6) is 0 Å². The number of aryl methyl sites for hydroxylation is 1. The lowest BCUT2D eigenvalue weighted by Gasteiger charge is -2.27. The maximum absolute atomic E-state index is 13.3. The third-order valence-electron chi connectivity index (χ3n) is 6.71. The van der Waals surface area contributed by atoms with Crippen LogP contribution in [0.4, 0.5) is 0 Å². The van der Waals surface area contributed by atoms with Gasteiger partial charge in [-0.1, -0.05) is 0 Å². The van der Waals surface area contributed by atoms with E-state index in [0.717, 1.165) is 47.2 Å². The number of nitrogens with one attached hydrogen (secondary N) is 1. The minimum absolute atomic E-state index is 0.0320. The number of rotatable bonds is 4. The molecule has 0 saturated carbocycles.